The van der Waals surface area contributed by atoms with E-state index in [0.717, 1.165) is 11.0 Å². The van der Waals surface area contributed by atoms with Crippen molar-refractivity contribution in [2.75, 3.05) is 11.5 Å². The largest absolute Gasteiger partial charge is 0.179 e. The van der Waals surface area contributed by atoms with E-state index in [-0.39, 0.29) is 0 Å². The second-order valence-corrected chi connectivity index (χ2v) is 7.18. The zero-order chi connectivity index (χ0) is 12.2. The normalized spacial score (nSPS) is 17.5. The third-order valence-electron chi connectivity index (χ3n) is 3.71. The number of hydrogen-bond donors (Lipinski definition) is 1. The first-order valence-corrected chi connectivity index (χ1v) is 9.34. The molecule has 0 atom stereocenters. The average molecular weight is 275 g/mol. The quantitative estimate of drug-likeness (QED) is 0.393. The summed E-state index contributed by atoms with van der Waals surface area (Å²) in [4.78, 5) is 0. The summed E-state index contributed by atoms with van der Waals surface area (Å²) >= 11 is 6.50. The Hall–Kier alpha value is 0.700. The van der Waals surface area contributed by atoms with Crippen LogP contribution in [-0.4, -0.2) is 16.8 Å². The summed E-state index contributed by atoms with van der Waals surface area (Å²) in [6.45, 7) is 0. The van der Waals surface area contributed by atoms with E-state index in [0.29, 0.717) is 0 Å². The summed E-state index contributed by atoms with van der Waals surface area (Å²) in [6, 6.07) is 0. The topological polar surface area (TPSA) is 0 Å². The first kappa shape index (κ1) is 15.8. The molecule has 0 amide bonds. The van der Waals surface area contributed by atoms with Crippen LogP contribution in [0.1, 0.15) is 77.0 Å². The molecule has 0 nitrogen and oxygen atoms in total. The molecular weight excluding hydrogens is 244 g/mol. The lowest BCUT2D eigenvalue weighted by Gasteiger charge is -2.20. The van der Waals surface area contributed by atoms with Crippen molar-refractivity contribution >= 4 is 24.4 Å². The molecule has 0 aromatic rings. The predicted octanol–water partition coefficient (Wildman–Crippen LogP) is 5.71. The van der Waals surface area contributed by atoms with Crippen LogP contribution in [0.5, 0.6) is 0 Å². The molecule has 0 aromatic heterocycles. The van der Waals surface area contributed by atoms with Gasteiger partial charge < -0.3 is 0 Å². The number of rotatable bonds is 10. The Bertz CT molecular complexity index is 153. The third kappa shape index (κ3) is 9.30. The Morgan fingerprint density at radius 2 is 1.35 bits per heavy atom. The standard InChI is InChI=1S/C15H30S2/c16-13-9-4-2-1-3-5-10-14-17-15-11-7-6-8-12-15/h15-16H,1-14H2. The van der Waals surface area contributed by atoms with Gasteiger partial charge in [0.25, 0.3) is 0 Å². The van der Waals surface area contributed by atoms with E-state index in [2.05, 4.69) is 24.4 Å². The van der Waals surface area contributed by atoms with E-state index in [9.17, 15) is 0 Å². The molecule has 0 spiro atoms. The van der Waals surface area contributed by atoms with Crippen molar-refractivity contribution in [2.45, 2.75) is 82.3 Å². The Kier molecular flexibility index (Phi) is 10.9. The molecule has 0 saturated heterocycles. The van der Waals surface area contributed by atoms with Crippen LogP contribution >= 0.6 is 24.4 Å². The lowest BCUT2D eigenvalue weighted by Crippen LogP contribution is -2.08. The highest BCUT2D eigenvalue weighted by atomic mass is 32.2. The van der Waals surface area contributed by atoms with Gasteiger partial charge in [0, 0.05) is 5.25 Å². The van der Waals surface area contributed by atoms with Gasteiger partial charge in [0.2, 0.25) is 0 Å². The fourth-order valence-electron chi connectivity index (χ4n) is 2.58. The maximum atomic E-state index is 4.24. The highest BCUT2D eigenvalue weighted by Gasteiger charge is 2.12. The van der Waals surface area contributed by atoms with Crippen molar-refractivity contribution in [3.05, 3.63) is 0 Å². The fraction of sp³-hybridized carbons (Fsp3) is 1.00. The van der Waals surface area contributed by atoms with Crippen LogP contribution in [0.3, 0.4) is 0 Å². The van der Waals surface area contributed by atoms with Crippen molar-refractivity contribution in [1.82, 2.24) is 0 Å². The first-order valence-electron chi connectivity index (χ1n) is 7.66. The Balaban J connectivity index is 1.75. The highest BCUT2D eigenvalue weighted by molar-refractivity contribution is 7.99. The van der Waals surface area contributed by atoms with E-state index >= 15 is 0 Å². The number of thiol groups is 1. The molecule has 0 unspecified atom stereocenters. The summed E-state index contributed by atoms with van der Waals surface area (Å²) in [7, 11) is 0. The molecule has 1 saturated carbocycles. The molecule has 0 radical (unpaired) electrons. The molecule has 0 heterocycles. The lowest BCUT2D eigenvalue weighted by molar-refractivity contribution is 0.515. The highest BCUT2D eigenvalue weighted by Crippen LogP contribution is 2.28. The average Bonchev–Trinajstić information content (AvgIpc) is 2.38. The molecule has 1 fully saturated rings. The van der Waals surface area contributed by atoms with Gasteiger partial charge >= 0.3 is 0 Å². The molecule has 1 rings (SSSR count). The molecule has 0 aromatic carbocycles. The van der Waals surface area contributed by atoms with Gasteiger partial charge in [-0.3, -0.25) is 0 Å². The maximum Gasteiger partial charge on any atom is 0.00470 e. The molecule has 102 valence electrons. The molecule has 0 N–H and O–H groups in total. The Labute approximate surface area is 118 Å². The van der Waals surface area contributed by atoms with Gasteiger partial charge in [0.05, 0.1) is 0 Å². The predicted molar refractivity (Wildman–Crippen MR) is 85.5 cm³/mol. The molecule has 0 bridgehead atoms. The lowest BCUT2D eigenvalue weighted by atomic mass is 10.0. The minimum Gasteiger partial charge on any atom is -0.179 e. The Morgan fingerprint density at radius 3 is 2.00 bits per heavy atom. The zero-order valence-electron chi connectivity index (χ0n) is 11.3. The Morgan fingerprint density at radius 1 is 0.765 bits per heavy atom. The molecule has 1 aliphatic carbocycles. The van der Waals surface area contributed by atoms with E-state index in [4.69, 9.17) is 0 Å². The first-order chi connectivity index (χ1) is 8.43. The van der Waals surface area contributed by atoms with E-state index < -0.39 is 0 Å². The van der Waals surface area contributed by atoms with Gasteiger partial charge in [-0.25, -0.2) is 0 Å². The molecule has 1 aliphatic rings. The van der Waals surface area contributed by atoms with Gasteiger partial charge in [-0.2, -0.15) is 24.4 Å². The summed E-state index contributed by atoms with van der Waals surface area (Å²) in [5, 5.41) is 1.01. The van der Waals surface area contributed by atoms with Crippen LogP contribution in [0.15, 0.2) is 0 Å². The summed E-state index contributed by atoms with van der Waals surface area (Å²) in [5.41, 5.74) is 0. The van der Waals surface area contributed by atoms with E-state index in [1.54, 1.807) is 0 Å². The number of unbranched alkanes of at least 4 members (excludes halogenated alkanes) is 6. The number of thioether (sulfide) groups is 1. The summed E-state index contributed by atoms with van der Waals surface area (Å²) in [5.74, 6) is 2.49. The van der Waals surface area contributed by atoms with Crippen LogP contribution < -0.4 is 0 Å². The number of hydrogen-bond acceptors (Lipinski definition) is 2. The minimum absolute atomic E-state index is 1.01. The van der Waals surface area contributed by atoms with Crippen LogP contribution in [0.4, 0.5) is 0 Å². The molecule has 2 heteroatoms. The minimum atomic E-state index is 1.01. The van der Waals surface area contributed by atoms with Crippen LogP contribution in [0, 0.1) is 0 Å². The summed E-state index contributed by atoms with van der Waals surface area (Å²) < 4.78 is 0. The van der Waals surface area contributed by atoms with Gasteiger partial charge in [-0.15, -0.1) is 0 Å². The maximum absolute atomic E-state index is 4.24. The van der Waals surface area contributed by atoms with Gasteiger partial charge in [-0.1, -0.05) is 51.4 Å². The van der Waals surface area contributed by atoms with Crippen LogP contribution in [0.2, 0.25) is 0 Å². The van der Waals surface area contributed by atoms with Crippen molar-refractivity contribution in [2.24, 2.45) is 0 Å². The second-order valence-electron chi connectivity index (χ2n) is 5.33. The van der Waals surface area contributed by atoms with Crippen molar-refractivity contribution in [3.63, 3.8) is 0 Å². The molecule has 0 aliphatic heterocycles. The monoisotopic (exact) mass is 274 g/mol. The second kappa shape index (κ2) is 11.8. The molecule has 17 heavy (non-hydrogen) atoms. The van der Waals surface area contributed by atoms with Crippen molar-refractivity contribution < 1.29 is 0 Å². The molecular formula is C15H30S2. The van der Waals surface area contributed by atoms with Gasteiger partial charge in [0.15, 0.2) is 0 Å². The van der Waals surface area contributed by atoms with Crippen molar-refractivity contribution in [1.29, 1.82) is 0 Å². The van der Waals surface area contributed by atoms with Gasteiger partial charge in [0.1, 0.15) is 0 Å². The van der Waals surface area contributed by atoms with Gasteiger partial charge in [-0.05, 0) is 37.2 Å². The van der Waals surface area contributed by atoms with Crippen molar-refractivity contribution in [3.8, 4) is 0 Å². The SMILES string of the molecule is SCCCCCCCCCSC1CCCCC1. The van der Waals surface area contributed by atoms with Crippen LogP contribution in [-0.2, 0) is 0 Å². The van der Waals surface area contributed by atoms with Crippen LogP contribution in [0.25, 0.3) is 0 Å². The van der Waals surface area contributed by atoms with E-state index in [1.165, 1.54) is 82.8 Å². The zero-order valence-corrected chi connectivity index (χ0v) is 13.0. The van der Waals surface area contributed by atoms with E-state index in [1.807, 2.05) is 0 Å². The summed E-state index contributed by atoms with van der Waals surface area (Å²) in [6.07, 6.45) is 17.4. The smallest absolute Gasteiger partial charge is 0.00470 e. The fourth-order valence-corrected chi connectivity index (χ4v) is 4.17. The third-order valence-corrected chi connectivity index (χ3v) is 5.49.